The molecule has 0 aliphatic heterocycles. The van der Waals surface area contributed by atoms with E-state index < -0.39 is 0 Å². The zero-order valence-corrected chi connectivity index (χ0v) is 13.4. The monoisotopic (exact) mass is 296 g/mol. The first kappa shape index (κ1) is 15.0. The number of hydrogen-bond donors (Lipinski definition) is 2. The third-order valence-corrected chi connectivity index (χ3v) is 5.17. The normalized spacial score (nSPS) is 17.4. The minimum Gasteiger partial charge on any atom is -0.508 e. The fourth-order valence-electron chi connectivity index (χ4n) is 3.98. The number of rotatable bonds is 2. The van der Waals surface area contributed by atoms with E-state index in [2.05, 4.69) is 18.2 Å². The van der Waals surface area contributed by atoms with E-state index in [1.807, 2.05) is 26.0 Å². The third kappa shape index (κ3) is 2.37. The maximum atomic E-state index is 10.4. The second kappa shape index (κ2) is 5.68. The van der Waals surface area contributed by atoms with Gasteiger partial charge in [-0.1, -0.05) is 49.6 Å². The van der Waals surface area contributed by atoms with Gasteiger partial charge >= 0.3 is 0 Å². The van der Waals surface area contributed by atoms with Crippen molar-refractivity contribution < 1.29 is 10.2 Å². The van der Waals surface area contributed by atoms with E-state index in [4.69, 9.17) is 0 Å². The van der Waals surface area contributed by atoms with E-state index in [0.29, 0.717) is 11.5 Å². The Bertz CT molecular complexity index is 659. The van der Waals surface area contributed by atoms with Crippen LogP contribution in [0.5, 0.6) is 11.5 Å². The number of hydrogen-bond acceptors (Lipinski definition) is 2. The van der Waals surface area contributed by atoms with Crippen molar-refractivity contribution in [1.82, 2.24) is 0 Å². The number of aryl methyl sites for hydroxylation is 2. The van der Waals surface area contributed by atoms with E-state index in [0.717, 1.165) is 29.5 Å². The van der Waals surface area contributed by atoms with Crippen molar-refractivity contribution in [2.75, 3.05) is 0 Å². The Hall–Kier alpha value is -1.96. The summed E-state index contributed by atoms with van der Waals surface area (Å²) < 4.78 is 0. The number of phenolic OH excluding ortho intramolecular Hbond substituents is 2. The lowest BCUT2D eigenvalue weighted by atomic mass is 9.64. The van der Waals surface area contributed by atoms with Crippen LogP contribution in [0.15, 0.2) is 36.4 Å². The minimum atomic E-state index is -0.132. The molecule has 1 aliphatic rings. The largest absolute Gasteiger partial charge is 0.508 e. The molecule has 0 spiro atoms. The standard InChI is InChI=1S/C20H24O2/c1-14-12-16(13-15(2)19(14)22)20(10-6-3-7-11-20)17-8-4-5-9-18(17)21/h4-5,8-9,12-13,21-22H,3,6-7,10-11H2,1-2H3. The Morgan fingerprint density at radius 3 is 2.05 bits per heavy atom. The Balaban J connectivity index is 2.21. The van der Waals surface area contributed by atoms with E-state index >= 15 is 0 Å². The van der Waals surface area contributed by atoms with Crippen molar-refractivity contribution in [3.8, 4) is 11.5 Å². The van der Waals surface area contributed by atoms with Crippen molar-refractivity contribution in [3.05, 3.63) is 58.7 Å². The first-order valence-corrected chi connectivity index (χ1v) is 8.14. The average molecular weight is 296 g/mol. The van der Waals surface area contributed by atoms with Crippen molar-refractivity contribution in [2.45, 2.75) is 51.4 Å². The van der Waals surface area contributed by atoms with Crippen LogP contribution >= 0.6 is 0 Å². The van der Waals surface area contributed by atoms with Crippen LogP contribution in [0.1, 0.15) is 54.4 Å². The van der Waals surface area contributed by atoms with Crippen molar-refractivity contribution in [1.29, 1.82) is 0 Å². The Morgan fingerprint density at radius 1 is 0.864 bits per heavy atom. The van der Waals surface area contributed by atoms with E-state index in [1.54, 1.807) is 6.07 Å². The predicted molar refractivity (Wildman–Crippen MR) is 89.6 cm³/mol. The van der Waals surface area contributed by atoms with E-state index in [-0.39, 0.29) is 5.41 Å². The lowest BCUT2D eigenvalue weighted by Gasteiger charge is -2.39. The second-order valence-corrected chi connectivity index (χ2v) is 6.62. The summed E-state index contributed by atoms with van der Waals surface area (Å²) in [4.78, 5) is 0. The molecule has 1 saturated carbocycles. The Labute approximate surface area is 132 Å². The highest BCUT2D eigenvalue weighted by atomic mass is 16.3. The molecule has 0 bridgehead atoms. The zero-order valence-electron chi connectivity index (χ0n) is 13.4. The Morgan fingerprint density at radius 2 is 1.45 bits per heavy atom. The van der Waals surface area contributed by atoms with Crippen LogP contribution < -0.4 is 0 Å². The summed E-state index contributed by atoms with van der Waals surface area (Å²) in [5.74, 6) is 0.764. The summed E-state index contributed by atoms with van der Waals surface area (Å²) in [5, 5.41) is 20.5. The van der Waals surface area contributed by atoms with Gasteiger partial charge in [0.15, 0.2) is 0 Å². The summed E-state index contributed by atoms with van der Waals surface area (Å²) in [5.41, 5.74) is 3.94. The number of benzene rings is 2. The van der Waals surface area contributed by atoms with E-state index in [1.165, 1.54) is 24.8 Å². The van der Waals surface area contributed by atoms with Crippen molar-refractivity contribution in [2.24, 2.45) is 0 Å². The second-order valence-electron chi connectivity index (χ2n) is 6.62. The molecule has 0 unspecified atom stereocenters. The highest BCUT2D eigenvalue weighted by molar-refractivity contribution is 5.51. The smallest absolute Gasteiger partial charge is 0.121 e. The molecule has 0 heterocycles. The van der Waals surface area contributed by atoms with Crippen LogP contribution in [-0.2, 0) is 5.41 Å². The molecule has 2 N–H and O–H groups in total. The molecule has 2 aromatic rings. The lowest BCUT2D eigenvalue weighted by Crippen LogP contribution is -2.30. The van der Waals surface area contributed by atoms with Gasteiger partial charge in [-0.25, -0.2) is 0 Å². The molecule has 116 valence electrons. The first-order valence-electron chi connectivity index (χ1n) is 8.14. The summed E-state index contributed by atoms with van der Waals surface area (Å²) in [7, 11) is 0. The van der Waals surface area contributed by atoms with Gasteiger partial charge in [0.05, 0.1) is 0 Å². The van der Waals surface area contributed by atoms with Gasteiger partial charge in [0.25, 0.3) is 0 Å². The zero-order chi connectivity index (χ0) is 15.7. The molecule has 22 heavy (non-hydrogen) atoms. The van der Waals surface area contributed by atoms with Gasteiger partial charge < -0.3 is 10.2 Å². The molecular formula is C20H24O2. The number of aromatic hydroxyl groups is 2. The molecule has 2 aromatic carbocycles. The molecule has 0 saturated heterocycles. The Kier molecular flexibility index (Phi) is 3.86. The van der Waals surface area contributed by atoms with Gasteiger partial charge in [0.2, 0.25) is 0 Å². The van der Waals surface area contributed by atoms with Crippen LogP contribution in [0, 0.1) is 13.8 Å². The molecule has 0 aromatic heterocycles. The number of phenols is 2. The summed E-state index contributed by atoms with van der Waals surface area (Å²) >= 11 is 0. The topological polar surface area (TPSA) is 40.5 Å². The third-order valence-electron chi connectivity index (χ3n) is 5.17. The van der Waals surface area contributed by atoms with Crippen LogP contribution in [0.25, 0.3) is 0 Å². The molecule has 3 rings (SSSR count). The maximum Gasteiger partial charge on any atom is 0.121 e. The highest BCUT2D eigenvalue weighted by Gasteiger charge is 2.38. The summed E-state index contributed by atoms with van der Waals surface area (Å²) in [6, 6.07) is 11.9. The summed E-state index contributed by atoms with van der Waals surface area (Å²) in [6.07, 6.45) is 5.70. The van der Waals surface area contributed by atoms with Crippen molar-refractivity contribution >= 4 is 0 Å². The molecule has 1 aliphatic carbocycles. The predicted octanol–water partition coefficient (Wildman–Crippen LogP) is 4.96. The molecule has 2 heteroatoms. The van der Waals surface area contributed by atoms with E-state index in [9.17, 15) is 10.2 Å². The first-order chi connectivity index (χ1) is 10.5. The fourth-order valence-corrected chi connectivity index (χ4v) is 3.98. The SMILES string of the molecule is Cc1cc(C2(c3ccccc3O)CCCCC2)cc(C)c1O. The fraction of sp³-hybridized carbons (Fsp3) is 0.400. The van der Waals surface area contributed by atoms with Gasteiger partial charge in [0.1, 0.15) is 11.5 Å². The molecule has 0 radical (unpaired) electrons. The number of para-hydroxylation sites is 1. The highest BCUT2D eigenvalue weighted by Crippen LogP contribution is 2.48. The van der Waals surface area contributed by atoms with Gasteiger partial charge in [-0.2, -0.15) is 0 Å². The molecule has 1 fully saturated rings. The lowest BCUT2D eigenvalue weighted by molar-refractivity contribution is 0.332. The summed E-state index contributed by atoms with van der Waals surface area (Å²) in [6.45, 7) is 3.90. The quantitative estimate of drug-likeness (QED) is 0.822. The molecule has 2 nitrogen and oxygen atoms in total. The van der Waals surface area contributed by atoms with Crippen LogP contribution in [-0.4, -0.2) is 10.2 Å². The van der Waals surface area contributed by atoms with Gasteiger partial charge in [-0.3, -0.25) is 0 Å². The van der Waals surface area contributed by atoms with Gasteiger partial charge in [-0.05, 0) is 49.4 Å². The van der Waals surface area contributed by atoms with Crippen LogP contribution in [0.3, 0.4) is 0 Å². The maximum absolute atomic E-state index is 10.4. The minimum absolute atomic E-state index is 0.132. The van der Waals surface area contributed by atoms with Crippen LogP contribution in [0.2, 0.25) is 0 Å². The molecular weight excluding hydrogens is 272 g/mol. The van der Waals surface area contributed by atoms with Crippen molar-refractivity contribution in [3.63, 3.8) is 0 Å². The molecule has 0 atom stereocenters. The average Bonchev–Trinajstić information content (AvgIpc) is 2.53. The van der Waals surface area contributed by atoms with Crippen LogP contribution in [0.4, 0.5) is 0 Å². The molecule has 0 amide bonds. The van der Waals surface area contributed by atoms with Gasteiger partial charge in [0, 0.05) is 11.0 Å². The van der Waals surface area contributed by atoms with Gasteiger partial charge in [-0.15, -0.1) is 0 Å².